The van der Waals surface area contributed by atoms with Crippen molar-refractivity contribution < 1.29 is 23.9 Å². The molecular formula is C31H40N6O5S. The number of amides is 4. The fourth-order valence-electron chi connectivity index (χ4n) is 7.04. The highest BCUT2D eigenvalue weighted by atomic mass is 32.1. The molecule has 2 N–H and O–H groups in total. The number of hydrogen-bond acceptors (Lipinski definition) is 8. The second-order valence-corrected chi connectivity index (χ2v) is 13.9. The first-order valence-corrected chi connectivity index (χ1v) is 16.0. The van der Waals surface area contributed by atoms with Gasteiger partial charge in [-0.25, -0.2) is 0 Å². The molecule has 230 valence electrons. The SMILES string of the molecule is CNC(=O)C(NC(=O)[C@@H]1CN(C(=O)c2cncs2)CC12CN(C(=O)C(C)(C)C1CC1)C2)c1cccc(C2CCOCC2)n1. The van der Waals surface area contributed by atoms with Gasteiger partial charge in [-0.15, -0.1) is 11.3 Å². The van der Waals surface area contributed by atoms with E-state index in [1.165, 1.54) is 18.4 Å². The zero-order chi connectivity index (χ0) is 30.4. The summed E-state index contributed by atoms with van der Waals surface area (Å²) < 4.78 is 5.50. The summed E-state index contributed by atoms with van der Waals surface area (Å²) in [4.78, 5) is 67.0. The fourth-order valence-corrected chi connectivity index (χ4v) is 7.63. The van der Waals surface area contributed by atoms with Crippen molar-refractivity contribution in [2.24, 2.45) is 22.7 Å². The number of hydrogen-bond donors (Lipinski definition) is 2. The summed E-state index contributed by atoms with van der Waals surface area (Å²) >= 11 is 1.26. The van der Waals surface area contributed by atoms with Crippen LogP contribution in [0.25, 0.3) is 0 Å². The predicted octanol–water partition coefficient (Wildman–Crippen LogP) is 2.37. The third-order valence-corrected chi connectivity index (χ3v) is 10.6. The van der Waals surface area contributed by atoms with Crippen LogP contribution in [-0.4, -0.2) is 89.8 Å². The molecule has 0 aromatic carbocycles. The zero-order valence-corrected chi connectivity index (χ0v) is 25.8. The molecule has 1 unspecified atom stereocenters. The summed E-state index contributed by atoms with van der Waals surface area (Å²) in [5.74, 6) is -0.730. The van der Waals surface area contributed by atoms with E-state index in [0.717, 1.165) is 31.4 Å². The molecule has 0 radical (unpaired) electrons. The Morgan fingerprint density at radius 3 is 2.44 bits per heavy atom. The first-order chi connectivity index (χ1) is 20.6. The number of ether oxygens (including phenoxy) is 1. The second-order valence-electron chi connectivity index (χ2n) is 13.1. The van der Waals surface area contributed by atoms with Crippen molar-refractivity contribution in [1.82, 2.24) is 30.4 Å². The zero-order valence-electron chi connectivity index (χ0n) is 25.0. The largest absolute Gasteiger partial charge is 0.381 e. The van der Waals surface area contributed by atoms with Crippen LogP contribution in [0.2, 0.25) is 0 Å². The summed E-state index contributed by atoms with van der Waals surface area (Å²) in [5.41, 5.74) is 1.93. The smallest absolute Gasteiger partial charge is 0.265 e. The monoisotopic (exact) mass is 608 g/mol. The summed E-state index contributed by atoms with van der Waals surface area (Å²) in [6.45, 7) is 6.71. The number of likely N-dealkylation sites (N-methyl/N-ethyl adjacent to an activating group) is 1. The molecule has 1 saturated carbocycles. The molecule has 1 aliphatic carbocycles. The first kappa shape index (κ1) is 29.7. The van der Waals surface area contributed by atoms with Crippen LogP contribution in [0.5, 0.6) is 0 Å². The van der Waals surface area contributed by atoms with E-state index in [0.29, 0.717) is 49.3 Å². The van der Waals surface area contributed by atoms with Crippen LogP contribution in [0.3, 0.4) is 0 Å². The van der Waals surface area contributed by atoms with Crippen LogP contribution in [0.1, 0.15) is 72.6 Å². The molecular weight excluding hydrogens is 568 g/mol. The molecule has 43 heavy (non-hydrogen) atoms. The number of aromatic nitrogens is 2. The number of carbonyl (C=O) groups is 4. The number of likely N-dealkylation sites (tertiary alicyclic amines) is 2. The number of thiazole rings is 1. The molecule has 3 saturated heterocycles. The molecule has 1 spiro atoms. The molecule has 5 heterocycles. The Morgan fingerprint density at radius 1 is 1.07 bits per heavy atom. The van der Waals surface area contributed by atoms with E-state index < -0.39 is 22.8 Å². The van der Waals surface area contributed by atoms with Gasteiger partial charge >= 0.3 is 0 Å². The van der Waals surface area contributed by atoms with Gasteiger partial charge in [0.2, 0.25) is 17.7 Å². The van der Waals surface area contributed by atoms with Crippen molar-refractivity contribution >= 4 is 35.0 Å². The van der Waals surface area contributed by atoms with Gasteiger partial charge in [0.15, 0.2) is 6.04 Å². The van der Waals surface area contributed by atoms with Gasteiger partial charge in [-0.1, -0.05) is 19.9 Å². The highest BCUT2D eigenvalue weighted by molar-refractivity contribution is 7.11. The Kier molecular flexibility index (Phi) is 8.01. The lowest BCUT2D eigenvalue weighted by Crippen LogP contribution is -2.66. The fraction of sp³-hybridized carbons (Fsp3) is 0.613. The van der Waals surface area contributed by atoms with Crippen molar-refractivity contribution in [3.05, 3.63) is 46.2 Å². The van der Waals surface area contributed by atoms with Crippen molar-refractivity contribution in [2.45, 2.75) is 51.5 Å². The topological polar surface area (TPSA) is 134 Å². The van der Waals surface area contributed by atoms with Gasteiger partial charge in [-0.3, -0.25) is 29.1 Å². The highest BCUT2D eigenvalue weighted by Crippen LogP contribution is 2.50. The number of rotatable bonds is 8. The lowest BCUT2D eigenvalue weighted by Gasteiger charge is -2.52. The molecule has 0 bridgehead atoms. The molecule has 4 amide bonds. The molecule has 11 nitrogen and oxygen atoms in total. The van der Waals surface area contributed by atoms with E-state index in [4.69, 9.17) is 9.72 Å². The van der Waals surface area contributed by atoms with Gasteiger partial charge in [0.05, 0.1) is 23.3 Å². The summed E-state index contributed by atoms with van der Waals surface area (Å²) in [5, 5.41) is 5.66. The third-order valence-electron chi connectivity index (χ3n) is 9.87. The molecule has 2 aromatic rings. The minimum atomic E-state index is -0.993. The highest BCUT2D eigenvalue weighted by Gasteiger charge is 2.61. The van der Waals surface area contributed by atoms with E-state index in [2.05, 4.69) is 15.6 Å². The molecule has 4 fully saturated rings. The molecule has 4 aliphatic rings. The van der Waals surface area contributed by atoms with E-state index in [1.807, 2.05) is 30.9 Å². The number of nitrogens with zero attached hydrogens (tertiary/aromatic N) is 4. The van der Waals surface area contributed by atoms with Crippen molar-refractivity contribution in [1.29, 1.82) is 0 Å². The van der Waals surface area contributed by atoms with Gasteiger partial charge in [-0.05, 0) is 43.7 Å². The van der Waals surface area contributed by atoms with E-state index in [9.17, 15) is 19.2 Å². The van der Waals surface area contributed by atoms with Crippen LogP contribution < -0.4 is 10.6 Å². The van der Waals surface area contributed by atoms with Crippen LogP contribution in [0.4, 0.5) is 0 Å². The standard InChI is InChI=1S/C31H40N6O5S/c1-30(2,20-7-8-20)29(41)37-16-31(17-37)15-36(28(40)24-13-33-18-43-24)14-21(31)26(38)35-25(27(39)32-3)23-6-4-5-22(34-23)19-9-11-42-12-10-19/h4-6,13,18-21,25H,7-12,14-17H2,1-3H3,(H,32,39)(H,35,38)/t21-,25?/m0/s1. The lowest BCUT2D eigenvalue weighted by atomic mass is 9.69. The summed E-state index contributed by atoms with van der Waals surface area (Å²) in [6, 6.07) is 4.60. The quantitative estimate of drug-likeness (QED) is 0.470. The average Bonchev–Trinajstić information content (AvgIpc) is 3.58. The van der Waals surface area contributed by atoms with Crippen LogP contribution in [-0.2, 0) is 19.1 Å². The maximum atomic E-state index is 14.1. The first-order valence-electron chi connectivity index (χ1n) is 15.2. The van der Waals surface area contributed by atoms with Gasteiger partial charge in [0, 0.05) is 68.9 Å². The summed E-state index contributed by atoms with van der Waals surface area (Å²) in [6.07, 6.45) is 5.37. The van der Waals surface area contributed by atoms with Crippen molar-refractivity contribution in [3.63, 3.8) is 0 Å². The predicted molar refractivity (Wildman–Crippen MR) is 159 cm³/mol. The van der Waals surface area contributed by atoms with Gasteiger partial charge in [0.25, 0.3) is 5.91 Å². The van der Waals surface area contributed by atoms with Crippen molar-refractivity contribution in [3.8, 4) is 0 Å². The average molecular weight is 609 g/mol. The van der Waals surface area contributed by atoms with Crippen LogP contribution in [0.15, 0.2) is 29.9 Å². The van der Waals surface area contributed by atoms with Gasteiger partial charge in [-0.2, -0.15) is 0 Å². The molecule has 2 atom stereocenters. The van der Waals surface area contributed by atoms with E-state index in [1.54, 1.807) is 22.7 Å². The van der Waals surface area contributed by atoms with E-state index in [-0.39, 0.29) is 36.1 Å². The molecule has 3 aliphatic heterocycles. The Bertz CT molecular complexity index is 1380. The maximum absolute atomic E-state index is 14.1. The van der Waals surface area contributed by atoms with Crippen LogP contribution in [0, 0.1) is 22.7 Å². The number of carbonyl (C=O) groups excluding carboxylic acids is 4. The minimum absolute atomic E-state index is 0.101. The summed E-state index contributed by atoms with van der Waals surface area (Å²) in [7, 11) is 1.54. The Balaban J connectivity index is 1.24. The number of nitrogens with one attached hydrogen (secondary N) is 2. The molecule has 6 rings (SSSR count). The maximum Gasteiger partial charge on any atom is 0.265 e. The van der Waals surface area contributed by atoms with Gasteiger partial charge < -0.3 is 25.2 Å². The number of pyridine rings is 1. The normalized spacial score (nSPS) is 22.6. The van der Waals surface area contributed by atoms with E-state index >= 15 is 0 Å². The molecule has 2 aromatic heterocycles. The third kappa shape index (κ3) is 5.66. The lowest BCUT2D eigenvalue weighted by molar-refractivity contribution is -0.158. The Labute approximate surface area is 255 Å². The van der Waals surface area contributed by atoms with Crippen molar-refractivity contribution in [2.75, 3.05) is 46.4 Å². The van der Waals surface area contributed by atoms with Gasteiger partial charge in [0.1, 0.15) is 4.88 Å². The molecule has 12 heteroatoms. The minimum Gasteiger partial charge on any atom is -0.381 e. The second kappa shape index (κ2) is 11.6. The van der Waals surface area contributed by atoms with Crippen LogP contribution >= 0.6 is 11.3 Å². The Morgan fingerprint density at radius 2 is 1.79 bits per heavy atom. The Hall–Kier alpha value is -3.38.